The summed E-state index contributed by atoms with van der Waals surface area (Å²) in [7, 11) is 3.38. The van der Waals surface area contributed by atoms with E-state index in [1.165, 1.54) is 0 Å². The van der Waals surface area contributed by atoms with Gasteiger partial charge in [0.25, 0.3) is 5.69 Å². The number of likely N-dealkylation sites (N-methyl/N-ethyl adjacent to an activating group) is 1. The van der Waals surface area contributed by atoms with Gasteiger partial charge < -0.3 is 10.2 Å². The Kier molecular flexibility index (Phi) is 4.08. The Balaban J connectivity index is 2.61. The Morgan fingerprint density at radius 1 is 1.55 bits per heavy atom. The number of rotatable bonds is 3. The van der Waals surface area contributed by atoms with Crippen LogP contribution in [0.4, 0.5) is 14.5 Å². The Morgan fingerprint density at radius 3 is 2.75 bits per heavy atom. The average molecular weight is 350 g/mol. The highest BCUT2D eigenvalue weighted by atomic mass is 79.9. The zero-order valence-corrected chi connectivity index (χ0v) is 12.6. The summed E-state index contributed by atoms with van der Waals surface area (Å²) in [5.41, 5.74) is -2.66. The van der Waals surface area contributed by atoms with Crippen LogP contribution in [0, 0.1) is 15.9 Å². The van der Waals surface area contributed by atoms with Gasteiger partial charge in [-0.1, -0.05) is 0 Å². The average Bonchev–Trinajstić information content (AvgIpc) is 2.75. The maximum atomic E-state index is 15.3. The van der Waals surface area contributed by atoms with E-state index in [0.29, 0.717) is 6.54 Å². The number of nitro benzene ring substituents is 1. The molecule has 0 aliphatic carbocycles. The van der Waals surface area contributed by atoms with E-state index >= 15 is 4.39 Å². The van der Waals surface area contributed by atoms with E-state index in [4.69, 9.17) is 0 Å². The minimum absolute atomic E-state index is 0.0519. The van der Waals surface area contributed by atoms with E-state index in [9.17, 15) is 14.5 Å². The largest absolute Gasteiger partial charge is 0.311 e. The molecule has 0 bridgehead atoms. The van der Waals surface area contributed by atoms with Crippen molar-refractivity contribution < 1.29 is 13.7 Å². The minimum Gasteiger partial charge on any atom is -0.311 e. The molecule has 0 spiro atoms. The van der Waals surface area contributed by atoms with E-state index in [2.05, 4.69) is 21.2 Å². The Morgan fingerprint density at radius 2 is 2.20 bits per heavy atom. The van der Waals surface area contributed by atoms with Crippen LogP contribution in [0.25, 0.3) is 0 Å². The van der Waals surface area contributed by atoms with Gasteiger partial charge >= 0.3 is 0 Å². The predicted molar refractivity (Wildman–Crippen MR) is 73.9 cm³/mol. The van der Waals surface area contributed by atoms with Crippen molar-refractivity contribution in [3.63, 3.8) is 0 Å². The highest BCUT2D eigenvalue weighted by Crippen LogP contribution is 2.41. The lowest BCUT2D eigenvalue weighted by Gasteiger charge is -2.31. The monoisotopic (exact) mass is 349 g/mol. The fourth-order valence-corrected chi connectivity index (χ4v) is 2.89. The molecule has 1 aromatic carbocycles. The maximum Gasteiger partial charge on any atom is 0.277 e. The smallest absolute Gasteiger partial charge is 0.277 e. The molecule has 1 saturated heterocycles. The minimum atomic E-state index is -2.01. The first kappa shape index (κ1) is 15.3. The fourth-order valence-electron chi connectivity index (χ4n) is 2.56. The van der Waals surface area contributed by atoms with Gasteiger partial charge in [-0.2, -0.15) is 0 Å². The van der Waals surface area contributed by atoms with Gasteiger partial charge in [0.2, 0.25) is 0 Å². The zero-order valence-electron chi connectivity index (χ0n) is 11.0. The summed E-state index contributed by atoms with van der Waals surface area (Å²) in [6.07, 6.45) is 0. The van der Waals surface area contributed by atoms with Crippen molar-refractivity contribution in [2.75, 3.05) is 27.2 Å². The van der Waals surface area contributed by atoms with Crippen LogP contribution in [-0.2, 0) is 5.67 Å². The maximum absolute atomic E-state index is 15.3. The lowest BCUT2D eigenvalue weighted by Crippen LogP contribution is -2.44. The van der Waals surface area contributed by atoms with Crippen molar-refractivity contribution in [3.05, 3.63) is 38.1 Å². The van der Waals surface area contributed by atoms with Gasteiger partial charge in [-0.3, -0.25) is 10.1 Å². The highest BCUT2D eigenvalue weighted by Gasteiger charge is 2.50. The number of nitrogens with zero attached hydrogens (tertiary/aromatic N) is 2. The van der Waals surface area contributed by atoms with Gasteiger partial charge in [-0.15, -0.1) is 0 Å². The lowest BCUT2D eigenvalue weighted by atomic mass is 9.89. The number of nitro groups is 1. The van der Waals surface area contributed by atoms with Crippen molar-refractivity contribution >= 4 is 21.6 Å². The molecule has 0 amide bonds. The zero-order chi connectivity index (χ0) is 15.1. The van der Waals surface area contributed by atoms with Gasteiger partial charge in [-0.25, -0.2) is 8.78 Å². The van der Waals surface area contributed by atoms with Crippen LogP contribution in [0.15, 0.2) is 16.6 Å². The van der Waals surface area contributed by atoms with Crippen LogP contribution in [0.1, 0.15) is 5.56 Å². The third-order valence-corrected chi connectivity index (χ3v) is 4.16. The van der Waals surface area contributed by atoms with Gasteiger partial charge in [0.05, 0.1) is 21.0 Å². The molecule has 8 heteroatoms. The SMILES string of the molecule is CN(C)C1CNCC1(F)c1cc(F)c(Br)cc1[N+](=O)[O-]. The van der Waals surface area contributed by atoms with Gasteiger partial charge in [0.1, 0.15) is 5.82 Å². The van der Waals surface area contributed by atoms with E-state index in [1.807, 2.05) is 0 Å². The molecule has 2 atom stereocenters. The molecule has 0 aromatic heterocycles. The molecule has 1 N–H and O–H groups in total. The lowest BCUT2D eigenvalue weighted by molar-refractivity contribution is -0.386. The third-order valence-electron chi connectivity index (χ3n) is 3.55. The van der Waals surface area contributed by atoms with Gasteiger partial charge in [0.15, 0.2) is 5.67 Å². The molecular formula is C12H14BrF2N3O2. The van der Waals surface area contributed by atoms with Crippen LogP contribution in [0.2, 0.25) is 0 Å². The molecule has 1 aliphatic heterocycles. The summed E-state index contributed by atoms with van der Waals surface area (Å²) >= 11 is 2.89. The second-order valence-electron chi connectivity index (χ2n) is 5.01. The van der Waals surface area contributed by atoms with E-state index < -0.39 is 28.1 Å². The Hall–Kier alpha value is -1.12. The first-order valence-electron chi connectivity index (χ1n) is 5.97. The number of nitrogens with one attached hydrogen (secondary N) is 1. The molecule has 1 heterocycles. The van der Waals surface area contributed by atoms with Crippen molar-refractivity contribution in [2.24, 2.45) is 0 Å². The molecular weight excluding hydrogens is 336 g/mol. The van der Waals surface area contributed by atoms with Crippen LogP contribution in [-0.4, -0.2) is 43.0 Å². The summed E-state index contributed by atoms with van der Waals surface area (Å²) in [5.74, 6) is -0.716. The first-order chi connectivity index (χ1) is 9.27. The molecule has 0 radical (unpaired) electrons. The number of hydrogen-bond acceptors (Lipinski definition) is 4. The number of hydrogen-bond donors (Lipinski definition) is 1. The molecule has 2 unspecified atom stereocenters. The van der Waals surface area contributed by atoms with Crippen LogP contribution in [0.5, 0.6) is 0 Å². The number of benzene rings is 1. The molecule has 20 heavy (non-hydrogen) atoms. The summed E-state index contributed by atoms with van der Waals surface area (Å²) in [6, 6.07) is 1.32. The van der Waals surface area contributed by atoms with E-state index in [1.54, 1.807) is 19.0 Å². The van der Waals surface area contributed by atoms with Crippen molar-refractivity contribution in [1.29, 1.82) is 0 Å². The Labute approximate surface area is 123 Å². The summed E-state index contributed by atoms with van der Waals surface area (Å²) in [6.45, 7) is 0.260. The second kappa shape index (κ2) is 5.34. The Bertz CT molecular complexity index is 556. The standard InChI is InChI=1S/C12H14BrF2N3O2/c1-17(2)11-5-16-6-12(11,15)7-3-9(14)8(13)4-10(7)18(19)20/h3-4,11,16H,5-6H2,1-2H3. The molecule has 1 fully saturated rings. The topological polar surface area (TPSA) is 58.4 Å². The first-order valence-corrected chi connectivity index (χ1v) is 6.76. The normalized spacial score (nSPS) is 26.2. The van der Waals surface area contributed by atoms with Crippen LogP contribution >= 0.6 is 15.9 Å². The highest BCUT2D eigenvalue weighted by molar-refractivity contribution is 9.10. The van der Waals surface area contributed by atoms with E-state index in [0.717, 1.165) is 12.1 Å². The number of alkyl halides is 1. The van der Waals surface area contributed by atoms with Gasteiger partial charge in [-0.05, 0) is 36.1 Å². The molecule has 1 aliphatic rings. The molecule has 1 aromatic rings. The van der Waals surface area contributed by atoms with Crippen molar-refractivity contribution in [2.45, 2.75) is 11.7 Å². The van der Waals surface area contributed by atoms with Crippen LogP contribution < -0.4 is 5.32 Å². The fraction of sp³-hybridized carbons (Fsp3) is 0.500. The summed E-state index contributed by atoms with van der Waals surface area (Å²) in [4.78, 5) is 12.1. The number of halogens is 3. The molecule has 2 rings (SSSR count). The van der Waals surface area contributed by atoms with Crippen molar-refractivity contribution in [1.82, 2.24) is 10.2 Å². The molecule has 5 nitrogen and oxygen atoms in total. The third kappa shape index (κ3) is 2.43. The molecule has 0 saturated carbocycles. The second-order valence-corrected chi connectivity index (χ2v) is 5.87. The van der Waals surface area contributed by atoms with Crippen molar-refractivity contribution in [3.8, 4) is 0 Å². The summed E-state index contributed by atoms with van der Waals surface area (Å²) in [5, 5.41) is 14.0. The molecule has 110 valence electrons. The van der Waals surface area contributed by atoms with Gasteiger partial charge in [0, 0.05) is 19.2 Å². The quantitative estimate of drug-likeness (QED) is 0.671. The predicted octanol–water partition coefficient (Wildman–Crippen LogP) is 2.19. The summed E-state index contributed by atoms with van der Waals surface area (Å²) < 4.78 is 29.0. The van der Waals surface area contributed by atoms with Crippen LogP contribution in [0.3, 0.4) is 0 Å². The van der Waals surface area contributed by atoms with E-state index in [-0.39, 0.29) is 16.6 Å².